The van der Waals surface area contributed by atoms with Gasteiger partial charge in [0.05, 0.1) is 12.6 Å². The molecular weight excluding hydrogens is 330 g/mol. The Morgan fingerprint density at radius 2 is 1.41 bits per heavy atom. The normalized spacial score (nSPS) is 13.7. The number of nitrogens with two attached hydrogens (primary N) is 1. The third-order valence-corrected chi connectivity index (χ3v) is 5.18. The summed E-state index contributed by atoms with van der Waals surface area (Å²) in [4.78, 5) is 0. The maximum atomic E-state index is 5.80. The SMILES string of the molecule is CC(C)CC[C@H](CC[NH2+][C@@H](C)c1ccccc1)c1ccc(OC(C)C)cc1. The van der Waals surface area contributed by atoms with Crippen molar-refractivity contribution in [2.24, 2.45) is 5.92 Å². The third kappa shape index (κ3) is 7.76. The van der Waals surface area contributed by atoms with Gasteiger partial charge in [-0.2, -0.15) is 0 Å². The molecule has 2 heteroatoms. The fourth-order valence-electron chi connectivity index (χ4n) is 3.54. The van der Waals surface area contributed by atoms with E-state index in [1.165, 1.54) is 30.4 Å². The van der Waals surface area contributed by atoms with Crippen LogP contribution in [0.4, 0.5) is 0 Å². The van der Waals surface area contributed by atoms with Crippen LogP contribution >= 0.6 is 0 Å². The van der Waals surface area contributed by atoms with E-state index in [-0.39, 0.29) is 6.10 Å². The van der Waals surface area contributed by atoms with Gasteiger partial charge in [-0.1, -0.05) is 62.7 Å². The van der Waals surface area contributed by atoms with Gasteiger partial charge in [0, 0.05) is 12.0 Å². The van der Waals surface area contributed by atoms with Crippen LogP contribution < -0.4 is 10.1 Å². The van der Waals surface area contributed by atoms with Gasteiger partial charge in [-0.15, -0.1) is 0 Å². The van der Waals surface area contributed by atoms with E-state index in [0.717, 1.165) is 18.2 Å². The predicted molar refractivity (Wildman–Crippen MR) is 115 cm³/mol. The molecule has 0 spiro atoms. The quantitative estimate of drug-likeness (QED) is 0.540. The van der Waals surface area contributed by atoms with Gasteiger partial charge < -0.3 is 10.1 Å². The molecule has 2 rings (SSSR count). The summed E-state index contributed by atoms with van der Waals surface area (Å²) in [6.07, 6.45) is 3.98. The topological polar surface area (TPSA) is 25.8 Å². The zero-order chi connectivity index (χ0) is 19.6. The Kier molecular flexibility index (Phi) is 8.87. The lowest BCUT2D eigenvalue weighted by molar-refractivity contribution is -0.693. The van der Waals surface area contributed by atoms with E-state index >= 15 is 0 Å². The van der Waals surface area contributed by atoms with Crippen LogP contribution in [-0.4, -0.2) is 12.6 Å². The van der Waals surface area contributed by atoms with Crippen molar-refractivity contribution in [2.45, 2.75) is 71.9 Å². The molecule has 0 aliphatic rings. The molecule has 2 atom stereocenters. The molecule has 0 fully saturated rings. The molecule has 2 N–H and O–H groups in total. The zero-order valence-electron chi connectivity index (χ0n) is 17.8. The van der Waals surface area contributed by atoms with Crippen LogP contribution in [0.15, 0.2) is 54.6 Å². The summed E-state index contributed by atoms with van der Waals surface area (Å²) in [5.41, 5.74) is 2.86. The Bertz CT molecular complexity index is 633. The van der Waals surface area contributed by atoms with Crippen LogP contribution in [0, 0.1) is 5.92 Å². The number of quaternary nitrogens is 1. The van der Waals surface area contributed by atoms with Crippen LogP contribution in [-0.2, 0) is 0 Å². The molecule has 148 valence electrons. The molecule has 27 heavy (non-hydrogen) atoms. The molecule has 0 aliphatic carbocycles. The minimum Gasteiger partial charge on any atom is -0.491 e. The second-order valence-corrected chi connectivity index (χ2v) is 8.42. The molecule has 0 aromatic heterocycles. The summed E-state index contributed by atoms with van der Waals surface area (Å²) < 4.78 is 5.80. The molecule has 0 heterocycles. The number of rotatable bonds is 11. The summed E-state index contributed by atoms with van der Waals surface area (Å²) in [7, 11) is 0. The van der Waals surface area contributed by atoms with Crippen molar-refractivity contribution >= 4 is 0 Å². The van der Waals surface area contributed by atoms with Gasteiger partial charge >= 0.3 is 0 Å². The summed E-state index contributed by atoms with van der Waals surface area (Å²) in [5.74, 6) is 2.35. The van der Waals surface area contributed by atoms with Crippen molar-refractivity contribution in [2.75, 3.05) is 6.54 Å². The standard InChI is InChI=1S/C25H37NO/c1-19(2)11-12-24(23-13-15-25(16-14-23)27-20(3)4)17-18-26-21(5)22-9-7-6-8-10-22/h6-10,13-16,19-21,24,26H,11-12,17-18H2,1-5H3/p+1/t21-,24+/m0/s1. The van der Waals surface area contributed by atoms with E-state index in [4.69, 9.17) is 4.74 Å². The van der Waals surface area contributed by atoms with Gasteiger partial charge in [0.15, 0.2) is 0 Å². The Morgan fingerprint density at radius 1 is 0.741 bits per heavy atom. The highest BCUT2D eigenvalue weighted by Crippen LogP contribution is 2.28. The van der Waals surface area contributed by atoms with Crippen molar-refractivity contribution < 1.29 is 10.1 Å². The average molecular weight is 369 g/mol. The van der Waals surface area contributed by atoms with Crippen LogP contribution in [0.2, 0.25) is 0 Å². The van der Waals surface area contributed by atoms with Crippen molar-refractivity contribution in [3.8, 4) is 5.75 Å². The summed E-state index contributed by atoms with van der Waals surface area (Å²) in [6, 6.07) is 20.1. The first kappa shape index (κ1) is 21.5. The maximum Gasteiger partial charge on any atom is 0.119 e. The molecular formula is C25H38NO+. The molecule has 0 radical (unpaired) electrons. The van der Waals surface area contributed by atoms with E-state index in [1.807, 2.05) is 0 Å². The van der Waals surface area contributed by atoms with E-state index in [2.05, 4.69) is 94.5 Å². The van der Waals surface area contributed by atoms with Crippen molar-refractivity contribution in [1.29, 1.82) is 0 Å². The maximum absolute atomic E-state index is 5.80. The summed E-state index contributed by atoms with van der Waals surface area (Å²) >= 11 is 0. The molecule has 0 unspecified atom stereocenters. The summed E-state index contributed by atoms with van der Waals surface area (Å²) in [5, 5.41) is 2.48. The molecule has 2 nitrogen and oxygen atoms in total. The van der Waals surface area contributed by atoms with Crippen molar-refractivity contribution in [3.63, 3.8) is 0 Å². The molecule has 0 amide bonds. The fourth-order valence-corrected chi connectivity index (χ4v) is 3.54. The molecule has 2 aromatic rings. The Hall–Kier alpha value is -1.80. The van der Waals surface area contributed by atoms with Crippen molar-refractivity contribution in [1.82, 2.24) is 0 Å². The number of benzene rings is 2. The lowest BCUT2D eigenvalue weighted by Gasteiger charge is -2.20. The van der Waals surface area contributed by atoms with Gasteiger partial charge in [-0.3, -0.25) is 0 Å². The minimum absolute atomic E-state index is 0.224. The van der Waals surface area contributed by atoms with E-state index in [0.29, 0.717) is 12.0 Å². The number of hydrogen-bond acceptors (Lipinski definition) is 1. The second-order valence-electron chi connectivity index (χ2n) is 8.42. The predicted octanol–water partition coefficient (Wildman–Crippen LogP) is 5.71. The lowest BCUT2D eigenvalue weighted by Crippen LogP contribution is -2.84. The lowest BCUT2D eigenvalue weighted by atomic mass is 9.88. The van der Waals surface area contributed by atoms with Gasteiger partial charge in [0.2, 0.25) is 0 Å². The highest BCUT2D eigenvalue weighted by molar-refractivity contribution is 5.29. The molecule has 0 saturated carbocycles. The number of ether oxygens (including phenoxy) is 1. The monoisotopic (exact) mass is 368 g/mol. The minimum atomic E-state index is 0.224. The average Bonchev–Trinajstić information content (AvgIpc) is 2.65. The smallest absolute Gasteiger partial charge is 0.119 e. The molecule has 0 bridgehead atoms. The molecule has 2 aromatic carbocycles. The van der Waals surface area contributed by atoms with Crippen LogP contribution in [0.25, 0.3) is 0 Å². The molecule has 0 saturated heterocycles. The van der Waals surface area contributed by atoms with E-state index in [1.54, 1.807) is 0 Å². The van der Waals surface area contributed by atoms with E-state index < -0.39 is 0 Å². The van der Waals surface area contributed by atoms with Gasteiger partial charge in [-0.05, 0) is 56.7 Å². The Morgan fingerprint density at radius 3 is 2.00 bits per heavy atom. The highest BCUT2D eigenvalue weighted by atomic mass is 16.5. The van der Waals surface area contributed by atoms with Crippen LogP contribution in [0.5, 0.6) is 5.75 Å². The van der Waals surface area contributed by atoms with Crippen molar-refractivity contribution in [3.05, 3.63) is 65.7 Å². The first-order valence-electron chi connectivity index (χ1n) is 10.6. The van der Waals surface area contributed by atoms with Crippen LogP contribution in [0.3, 0.4) is 0 Å². The Labute approximate surface area is 166 Å². The highest BCUT2D eigenvalue weighted by Gasteiger charge is 2.15. The fraction of sp³-hybridized carbons (Fsp3) is 0.520. The third-order valence-electron chi connectivity index (χ3n) is 5.18. The zero-order valence-corrected chi connectivity index (χ0v) is 17.8. The Balaban J connectivity index is 1.95. The van der Waals surface area contributed by atoms with Gasteiger partial charge in [0.1, 0.15) is 11.8 Å². The van der Waals surface area contributed by atoms with Gasteiger partial charge in [-0.25, -0.2) is 0 Å². The molecule has 0 aliphatic heterocycles. The van der Waals surface area contributed by atoms with E-state index in [9.17, 15) is 0 Å². The number of hydrogen-bond donors (Lipinski definition) is 1. The first-order chi connectivity index (χ1) is 13.0. The van der Waals surface area contributed by atoms with Gasteiger partial charge in [0.25, 0.3) is 0 Å². The second kappa shape index (κ2) is 11.1. The largest absolute Gasteiger partial charge is 0.491 e. The summed E-state index contributed by atoms with van der Waals surface area (Å²) in [6.45, 7) is 12.2. The van der Waals surface area contributed by atoms with Crippen LogP contribution in [0.1, 0.15) is 77.0 Å². The first-order valence-corrected chi connectivity index (χ1v) is 10.6.